The molecule has 0 aliphatic heterocycles. The van der Waals surface area contributed by atoms with Crippen LogP contribution in [0.15, 0.2) is 29.5 Å². The summed E-state index contributed by atoms with van der Waals surface area (Å²) < 4.78 is 0. The summed E-state index contributed by atoms with van der Waals surface area (Å²) in [5, 5.41) is 46.7. The van der Waals surface area contributed by atoms with Crippen molar-refractivity contribution in [3.8, 4) is 29.7 Å². The van der Waals surface area contributed by atoms with Gasteiger partial charge in [-0.05, 0) is 12.1 Å². The summed E-state index contributed by atoms with van der Waals surface area (Å²) in [6.45, 7) is 0. The number of hydrogen-bond acceptors (Lipinski definition) is 6. The zero-order chi connectivity index (χ0) is 12.8. The van der Waals surface area contributed by atoms with Crippen molar-refractivity contribution in [1.82, 2.24) is 0 Å². The van der Waals surface area contributed by atoms with Gasteiger partial charge < -0.3 is 15.5 Å². The number of nitrogens with zero attached hydrogens (tertiary/aromatic N) is 3. The van der Waals surface area contributed by atoms with Gasteiger partial charge in [0.05, 0.1) is 0 Å². The van der Waals surface area contributed by atoms with Crippen LogP contribution in [0.2, 0.25) is 0 Å². The maximum atomic E-state index is 9.22. The molecule has 3 N–H and O–H groups in total. The SMILES string of the molecule is N#CC(C#N)=C(C#N)Nc1ccc(O)c(O)c1. The Hall–Kier alpha value is -3.17. The quantitative estimate of drug-likeness (QED) is 0.397. The van der Waals surface area contributed by atoms with Crippen LogP contribution in [0, 0.1) is 34.0 Å². The van der Waals surface area contributed by atoms with E-state index >= 15 is 0 Å². The summed E-state index contributed by atoms with van der Waals surface area (Å²) in [6, 6.07) is 8.57. The maximum Gasteiger partial charge on any atom is 0.163 e. The minimum absolute atomic E-state index is 0.222. The lowest BCUT2D eigenvalue weighted by molar-refractivity contribution is 0.404. The van der Waals surface area contributed by atoms with Crippen LogP contribution in [0.3, 0.4) is 0 Å². The molecule has 0 atom stereocenters. The van der Waals surface area contributed by atoms with Gasteiger partial charge in [-0.1, -0.05) is 0 Å². The number of benzene rings is 1. The Balaban J connectivity index is 3.11. The summed E-state index contributed by atoms with van der Waals surface area (Å²) in [5.74, 6) is -0.679. The van der Waals surface area contributed by atoms with Crippen LogP contribution in [0.5, 0.6) is 11.5 Å². The second-order valence-electron chi connectivity index (χ2n) is 2.91. The Labute approximate surface area is 96.9 Å². The van der Waals surface area contributed by atoms with Crippen molar-refractivity contribution in [3.63, 3.8) is 0 Å². The minimum atomic E-state index is -0.372. The predicted molar refractivity (Wildman–Crippen MR) is 57.3 cm³/mol. The fourth-order valence-electron chi connectivity index (χ4n) is 1.03. The molecule has 0 spiro atoms. The summed E-state index contributed by atoms with van der Waals surface area (Å²) in [4.78, 5) is 0. The number of aromatic hydroxyl groups is 2. The molecule has 0 saturated heterocycles. The second-order valence-corrected chi connectivity index (χ2v) is 2.91. The molecule has 0 bridgehead atoms. The monoisotopic (exact) mass is 226 g/mol. The standard InChI is InChI=1S/C11H6N4O2/c12-4-7(5-13)9(6-14)15-8-1-2-10(16)11(17)3-8/h1-3,15-17H. The van der Waals surface area contributed by atoms with Crippen molar-refractivity contribution in [2.24, 2.45) is 0 Å². The molecule has 0 aliphatic carbocycles. The number of anilines is 1. The normalized spacial score (nSPS) is 8.29. The lowest BCUT2D eigenvalue weighted by atomic mass is 10.2. The van der Waals surface area contributed by atoms with E-state index in [0.29, 0.717) is 0 Å². The van der Waals surface area contributed by atoms with Crippen molar-refractivity contribution < 1.29 is 10.2 Å². The molecule has 0 fully saturated rings. The highest BCUT2D eigenvalue weighted by Crippen LogP contribution is 2.28. The van der Waals surface area contributed by atoms with Gasteiger partial charge in [-0.15, -0.1) is 0 Å². The molecule has 0 heterocycles. The fraction of sp³-hybridized carbons (Fsp3) is 0. The molecule has 0 aliphatic rings. The number of phenols is 2. The van der Waals surface area contributed by atoms with Crippen molar-refractivity contribution in [1.29, 1.82) is 15.8 Å². The molecule has 0 aromatic heterocycles. The van der Waals surface area contributed by atoms with Crippen LogP contribution < -0.4 is 5.32 Å². The van der Waals surface area contributed by atoms with Gasteiger partial charge in [0, 0.05) is 11.8 Å². The zero-order valence-electron chi connectivity index (χ0n) is 8.47. The molecule has 6 heteroatoms. The molecule has 6 nitrogen and oxygen atoms in total. The first-order chi connectivity index (χ1) is 8.12. The number of hydrogen-bond donors (Lipinski definition) is 3. The Morgan fingerprint density at radius 3 is 2.12 bits per heavy atom. The van der Waals surface area contributed by atoms with Gasteiger partial charge in [0.2, 0.25) is 0 Å². The molecule has 0 unspecified atom stereocenters. The molecule has 0 radical (unpaired) electrons. The number of nitriles is 3. The lowest BCUT2D eigenvalue weighted by Crippen LogP contribution is -2.00. The molecular formula is C11H6N4O2. The van der Waals surface area contributed by atoms with Gasteiger partial charge in [-0.2, -0.15) is 15.8 Å². The lowest BCUT2D eigenvalue weighted by Gasteiger charge is -2.05. The number of allylic oxidation sites excluding steroid dienone is 2. The highest BCUT2D eigenvalue weighted by atomic mass is 16.3. The third-order valence-corrected chi connectivity index (χ3v) is 1.83. The van der Waals surface area contributed by atoms with E-state index < -0.39 is 0 Å². The molecule has 0 amide bonds. The Morgan fingerprint density at radius 1 is 1.00 bits per heavy atom. The van der Waals surface area contributed by atoms with Gasteiger partial charge in [-0.3, -0.25) is 0 Å². The third-order valence-electron chi connectivity index (χ3n) is 1.83. The van der Waals surface area contributed by atoms with E-state index in [1.165, 1.54) is 18.2 Å². The van der Waals surface area contributed by atoms with Gasteiger partial charge >= 0.3 is 0 Å². The second kappa shape index (κ2) is 5.06. The number of phenolic OH excluding ortho intramolecular Hbond substituents is 2. The van der Waals surface area contributed by atoms with Crippen LogP contribution >= 0.6 is 0 Å². The average molecular weight is 226 g/mol. The average Bonchev–Trinajstić information content (AvgIpc) is 2.33. The van der Waals surface area contributed by atoms with E-state index in [-0.39, 0.29) is 28.5 Å². The Kier molecular flexibility index (Phi) is 3.55. The first-order valence-corrected chi connectivity index (χ1v) is 4.36. The predicted octanol–water partition coefficient (Wildman–Crippen LogP) is 1.33. The van der Waals surface area contributed by atoms with Gasteiger partial charge in [0.25, 0.3) is 0 Å². The van der Waals surface area contributed by atoms with E-state index in [2.05, 4.69) is 5.32 Å². The van der Waals surface area contributed by atoms with E-state index in [9.17, 15) is 5.11 Å². The minimum Gasteiger partial charge on any atom is -0.504 e. The fourth-order valence-corrected chi connectivity index (χ4v) is 1.03. The van der Waals surface area contributed by atoms with Gasteiger partial charge in [-0.25, -0.2) is 0 Å². The first-order valence-electron chi connectivity index (χ1n) is 4.36. The van der Waals surface area contributed by atoms with Crippen LogP contribution in [-0.4, -0.2) is 10.2 Å². The highest BCUT2D eigenvalue weighted by molar-refractivity contribution is 5.61. The van der Waals surface area contributed by atoms with E-state index in [1.807, 2.05) is 0 Å². The summed E-state index contributed by atoms with van der Waals surface area (Å²) >= 11 is 0. The molecule has 1 rings (SSSR count). The van der Waals surface area contributed by atoms with Crippen LogP contribution in [0.25, 0.3) is 0 Å². The molecule has 0 saturated carbocycles. The van der Waals surface area contributed by atoms with Crippen molar-refractivity contribution >= 4 is 5.69 Å². The maximum absolute atomic E-state index is 9.22. The molecule has 1 aromatic rings. The van der Waals surface area contributed by atoms with Crippen LogP contribution in [-0.2, 0) is 0 Å². The molecule has 17 heavy (non-hydrogen) atoms. The third kappa shape index (κ3) is 2.65. The molecular weight excluding hydrogens is 220 g/mol. The number of nitrogens with one attached hydrogen (secondary N) is 1. The topological polar surface area (TPSA) is 124 Å². The largest absolute Gasteiger partial charge is 0.504 e. The zero-order valence-corrected chi connectivity index (χ0v) is 8.47. The van der Waals surface area contributed by atoms with E-state index in [4.69, 9.17) is 20.9 Å². The van der Waals surface area contributed by atoms with Crippen molar-refractivity contribution in [2.45, 2.75) is 0 Å². The Morgan fingerprint density at radius 2 is 1.65 bits per heavy atom. The van der Waals surface area contributed by atoms with Gasteiger partial charge in [0.15, 0.2) is 17.1 Å². The summed E-state index contributed by atoms with van der Waals surface area (Å²) in [7, 11) is 0. The van der Waals surface area contributed by atoms with E-state index in [1.54, 1.807) is 18.2 Å². The van der Waals surface area contributed by atoms with Crippen LogP contribution in [0.1, 0.15) is 0 Å². The summed E-state index contributed by atoms with van der Waals surface area (Å²) in [5.41, 5.74) is -0.306. The highest BCUT2D eigenvalue weighted by Gasteiger charge is 2.07. The van der Waals surface area contributed by atoms with Gasteiger partial charge in [0.1, 0.15) is 23.9 Å². The first kappa shape index (κ1) is 11.9. The summed E-state index contributed by atoms with van der Waals surface area (Å²) in [6.07, 6.45) is 0. The smallest absolute Gasteiger partial charge is 0.163 e. The van der Waals surface area contributed by atoms with Crippen LogP contribution in [0.4, 0.5) is 5.69 Å². The van der Waals surface area contributed by atoms with E-state index in [0.717, 1.165) is 0 Å². The van der Waals surface area contributed by atoms with Crippen molar-refractivity contribution in [3.05, 3.63) is 29.5 Å². The molecule has 1 aromatic carbocycles. The Bertz CT molecular complexity index is 583. The number of rotatable bonds is 2. The molecule has 82 valence electrons. The van der Waals surface area contributed by atoms with Crippen molar-refractivity contribution in [2.75, 3.05) is 5.32 Å².